The molecule has 0 spiro atoms. The summed E-state index contributed by atoms with van der Waals surface area (Å²) in [6.45, 7) is 2.15. The Labute approximate surface area is 66.8 Å². The number of allylic oxidation sites excluding steroid dienone is 4. The molecule has 58 valence electrons. The Balaban J connectivity index is 2.38. The lowest BCUT2D eigenvalue weighted by Crippen LogP contribution is -1.99. The van der Waals surface area contributed by atoms with Gasteiger partial charge in [0.05, 0.1) is 0 Å². The summed E-state index contributed by atoms with van der Waals surface area (Å²) in [7, 11) is 0. The molecule has 2 aliphatic carbocycles. The van der Waals surface area contributed by atoms with Crippen molar-refractivity contribution in [2.75, 3.05) is 0 Å². The third-order valence-corrected chi connectivity index (χ3v) is 2.54. The van der Waals surface area contributed by atoms with Crippen molar-refractivity contribution in [2.24, 2.45) is 0 Å². The van der Waals surface area contributed by atoms with E-state index in [9.17, 15) is 4.79 Å². The lowest BCUT2D eigenvalue weighted by atomic mass is 9.95. The molecule has 0 aromatic heterocycles. The number of hydrogen-bond donors (Lipinski definition) is 0. The molecule has 2 aliphatic rings. The molecule has 0 aromatic carbocycles. The van der Waals surface area contributed by atoms with Gasteiger partial charge in [0.1, 0.15) is 0 Å². The second kappa shape index (κ2) is 2.33. The summed E-state index contributed by atoms with van der Waals surface area (Å²) in [5.41, 5.74) is 3.87. The molecular weight excluding hydrogens is 136 g/mol. The molecule has 0 aliphatic heterocycles. The van der Waals surface area contributed by atoms with Crippen LogP contribution in [0.1, 0.15) is 32.6 Å². The molecule has 0 amide bonds. The van der Waals surface area contributed by atoms with Gasteiger partial charge < -0.3 is 0 Å². The Morgan fingerprint density at radius 3 is 2.82 bits per heavy atom. The molecular formula is C10H12O. The van der Waals surface area contributed by atoms with Crippen LogP contribution in [0.4, 0.5) is 0 Å². The van der Waals surface area contributed by atoms with Crippen LogP contribution in [-0.2, 0) is 4.79 Å². The molecule has 0 radical (unpaired) electrons. The van der Waals surface area contributed by atoms with Gasteiger partial charge in [0, 0.05) is 6.42 Å². The van der Waals surface area contributed by atoms with Crippen LogP contribution in [0.15, 0.2) is 22.8 Å². The average Bonchev–Trinajstić information content (AvgIpc) is 2.32. The third-order valence-electron chi connectivity index (χ3n) is 2.54. The zero-order valence-corrected chi connectivity index (χ0v) is 6.81. The van der Waals surface area contributed by atoms with Crippen molar-refractivity contribution < 1.29 is 4.79 Å². The lowest BCUT2D eigenvalue weighted by Gasteiger charge is -2.10. The van der Waals surface area contributed by atoms with Crippen LogP contribution in [-0.4, -0.2) is 5.78 Å². The smallest absolute Gasteiger partial charge is 0.159 e. The first kappa shape index (κ1) is 6.84. The van der Waals surface area contributed by atoms with E-state index < -0.39 is 0 Å². The highest BCUT2D eigenvalue weighted by Crippen LogP contribution is 2.33. The first-order chi connectivity index (χ1) is 5.27. The van der Waals surface area contributed by atoms with Crippen LogP contribution in [0.25, 0.3) is 0 Å². The van der Waals surface area contributed by atoms with Gasteiger partial charge in [0.15, 0.2) is 5.78 Å². The van der Waals surface area contributed by atoms with Crippen molar-refractivity contribution in [1.82, 2.24) is 0 Å². The summed E-state index contributed by atoms with van der Waals surface area (Å²) in [4.78, 5) is 11.2. The van der Waals surface area contributed by atoms with Crippen molar-refractivity contribution in [2.45, 2.75) is 32.6 Å². The van der Waals surface area contributed by atoms with Crippen LogP contribution in [0.2, 0.25) is 0 Å². The Kier molecular flexibility index (Phi) is 1.45. The van der Waals surface area contributed by atoms with Gasteiger partial charge >= 0.3 is 0 Å². The van der Waals surface area contributed by atoms with E-state index in [1.165, 1.54) is 11.1 Å². The van der Waals surface area contributed by atoms with Gasteiger partial charge in [-0.25, -0.2) is 0 Å². The van der Waals surface area contributed by atoms with E-state index in [1.54, 1.807) is 0 Å². The SMILES string of the molecule is CC1=CC2=C(CC1)C(=O)CC2. The van der Waals surface area contributed by atoms with Gasteiger partial charge in [0.25, 0.3) is 0 Å². The van der Waals surface area contributed by atoms with Crippen LogP contribution in [0.5, 0.6) is 0 Å². The van der Waals surface area contributed by atoms with Crippen LogP contribution < -0.4 is 0 Å². The minimum atomic E-state index is 0.392. The Morgan fingerprint density at radius 2 is 2.00 bits per heavy atom. The van der Waals surface area contributed by atoms with E-state index in [-0.39, 0.29) is 0 Å². The molecule has 0 saturated carbocycles. The molecule has 0 N–H and O–H groups in total. The van der Waals surface area contributed by atoms with Crippen LogP contribution in [0.3, 0.4) is 0 Å². The van der Waals surface area contributed by atoms with Gasteiger partial charge in [-0.1, -0.05) is 11.6 Å². The third kappa shape index (κ3) is 1.05. The zero-order valence-electron chi connectivity index (χ0n) is 6.81. The largest absolute Gasteiger partial charge is 0.295 e. The van der Waals surface area contributed by atoms with Gasteiger partial charge in [0.2, 0.25) is 0 Å². The summed E-state index contributed by atoms with van der Waals surface area (Å²) in [5.74, 6) is 0.392. The van der Waals surface area contributed by atoms with Gasteiger partial charge in [-0.05, 0) is 37.3 Å². The van der Waals surface area contributed by atoms with Gasteiger partial charge in [-0.15, -0.1) is 0 Å². The van der Waals surface area contributed by atoms with Crippen molar-refractivity contribution >= 4 is 5.78 Å². The summed E-state index contributed by atoms with van der Waals surface area (Å²) >= 11 is 0. The van der Waals surface area contributed by atoms with E-state index in [1.807, 2.05) is 0 Å². The van der Waals surface area contributed by atoms with Crippen LogP contribution >= 0.6 is 0 Å². The maximum atomic E-state index is 11.2. The number of carbonyl (C=O) groups is 1. The molecule has 0 saturated heterocycles. The quantitative estimate of drug-likeness (QED) is 0.515. The number of Topliss-reactive ketones (excluding diaryl/α,β-unsaturated/α-hetero) is 1. The van der Waals surface area contributed by atoms with E-state index in [2.05, 4.69) is 13.0 Å². The number of carbonyl (C=O) groups excluding carboxylic acids is 1. The Hall–Kier alpha value is -0.850. The van der Waals surface area contributed by atoms with Crippen molar-refractivity contribution in [1.29, 1.82) is 0 Å². The summed E-state index contributed by atoms with van der Waals surface area (Å²) < 4.78 is 0. The second-order valence-corrected chi connectivity index (χ2v) is 3.42. The van der Waals surface area contributed by atoms with E-state index in [0.29, 0.717) is 5.78 Å². The summed E-state index contributed by atoms with van der Waals surface area (Å²) in [5, 5.41) is 0. The van der Waals surface area contributed by atoms with E-state index in [4.69, 9.17) is 0 Å². The highest BCUT2D eigenvalue weighted by Gasteiger charge is 2.23. The Morgan fingerprint density at radius 1 is 1.18 bits per heavy atom. The normalized spacial score (nSPS) is 23.7. The van der Waals surface area contributed by atoms with E-state index >= 15 is 0 Å². The molecule has 1 heteroatoms. The maximum Gasteiger partial charge on any atom is 0.159 e. The van der Waals surface area contributed by atoms with Crippen molar-refractivity contribution in [3.8, 4) is 0 Å². The number of rotatable bonds is 0. The standard InChI is InChI=1S/C10H12O/c1-7-2-4-9-8(6-7)3-5-10(9)11/h6H,2-5H2,1H3. The molecule has 0 unspecified atom stereocenters. The second-order valence-electron chi connectivity index (χ2n) is 3.42. The lowest BCUT2D eigenvalue weighted by molar-refractivity contribution is -0.115. The fourth-order valence-corrected chi connectivity index (χ4v) is 1.88. The first-order valence-corrected chi connectivity index (χ1v) is 4.20. The number of hydrogen-bond acceptors (Lipinski definition) is 1. The topological polar surface area (TPSA) is 17.1 Å². The van der Waals surface area contributed by atoms with Gasteiger partial charge in [-0.3, -0.25) is 4.79 Å². The minimum absolute atomic E-state index is 0.392. The molecule has 0 heterocycles. The first-order valence-electron chi connectivity index (χ1n) is 4.20. The number of ketones is 1. The van der Waals surface area contributed by atoms with Crippen LogP contribution in [0, 0.1) is 0 Å². The summed E-state index contributed by atoms with van der Waals surface area (Å²) in [6, 6.07) is 0. The maximum absolute atomic E-state index is 11.2. The summed E-state index contributed by atoms with van der Waals surface area (Å²) in [6.07, 6.45) is 6.03. The monoisotopic (exact) mass is 148 g/mol. The Bertz CT molecular complexity index is 269. The zero-order chi connectivity index (χ0) is 7.84. The molecule has 2 rings (SSSR count). The molecule has 0 fully saturated rings. The predicted molar refractivity (Wildman–Crippen MR) is 44.3 cm³/mol. The minimum Gasteiger partial charge on any atom is -0.295 e. The highest BCUT2D eigenvalue weighted by atomic mass is 16.1. The van der Waals surface area contributed by atoms with Crippen molar-refractivity contribution in [3.63, 3.8) is 0 Å². The average molecular weight is 148 g/mol. The fourth-order valence-electron chi connectivity index (χ4n) is 1.88. The van der Waals surface area contributed by atoms with Gasteiger partial charge in [-0.2, -0.15) is 0 Å². The fraction of sp³-hybridized carbons (Fsp3) is 0.500. The van der Waals surface area contributed by atoms with Crippen molar-refractivity contribution in [3.05, 3.63) is 22.8 Å². The van der Waals surface area contributed by atoms with E-state index in [0.717, 1.165) is 31.3 Å². The molecule has 0 bridgehead atoms. The highest BCUT2D eigenvalue weighted by molar-refractivity contribution is 5.99. The predicted octanol–water partition coefficient (Wildman–Crippen LogP) is 2.39. The molecule has 0 atom stereocenters. The molecule has 1 nitrogen and oxygen atoms in total. The molecule has 11 heavy (non-hydrogen) atoms. The molecule has 0 aromatic rings.